The molecule has 0 saturated heterocycles. The van der Waals surface area contributed by atoms with Gasteiger partial charge >= 0.3 is 0 Å². The van der Waals surface area contributed by atoms with Crippen LogP contribution in [0.4, 0.5) is 11.4 Å². The number of aryl methyl sites for hydroxylation is 1. The second kappa shape index (κ2) is 6.19. The van der Waals surface area contributed by atoms with Gasteiger partial charge in [-0.1, -0.05) is 35.9 Å². The van der Waals surface area contributed by atoms with Crippen LogP contribution in [0, 0.1) is 0 Å². The molecule has 21 heavy (non-hydrogen) atoms. The third kappa shape index (κ3) is 3.37. The van der Waals surface area contributed by atoms with E-state index in [1.165, 1.54) is 11.3 Å². The van der Waals surface area contributed by atoms with Gasteiger partial charge in [-0.3, -0.25) is 4.79 Å². The minimum atomic E-state index is -0.0195. The number of nitrogens with one attached hydrogen (secondary N) is 1. The minimum absolute atomic E-state index is 0.0195. The Morgan fingerprint density at radius 3 is 2.90 bits per heavy atom. The standard InChI is InChI=1S/C17H17ClN2O/c18-14-7-3-8-15(11-14)19-17(21)12-20-10-4-6-13-5-1-2-9-16(13)20/h1-3,5,7-9,11H,4,6,10,12H2,(H,19,21). The number of hydrogen-bond acceptors (Lipinski definition) is 2. The van der Waals surface area contributed by atoms with Crippen molar-refractivity contribution in [3.05, 3.63) is 59.1 Å². The number of hydrogen-bond donors (Lipinski definition) is 1. The fourth-order valence-corrected chi connectivity index (χ4v) is 2.91. The highest BCUT2D eigenvalue weighted by molar-refractivity contribution is 6.30. The smallest absolute Gasteiger partial charge is 0.243 e. The molecule has 2 aromatic rings. The molecule has 3 nitrogen and oxygen atoms in total. The summed E-state index contributed by atoms with van der Waals surface area (Å²) in [5, 5.41) is 3.52. The highest BCUT2D eigenvalue weighted by Crippen LogP contribution is 2.26. The Bertz CT molecular complexity index is 657. The Balaban J connectivity index is 1.68. The lowest BCUT2D eigenvalue weighted by Crippen LogP contribution is -2.36. The Kier molecular flexibility index (Phi) is 4.11. The first-order valence-corrected chi connectivity index (χ1v) is 7.48. The summed E-state index contributed by atoms with van der Waals surface area (Å²) in [6, 6.07) is 15.5. The van der Waals surface area contributed by atoms with Gasteiger partial charge in [-0.25, -0.2) is 0 Å². The molecular formula is C17H17ClN2O. The molecule has 1 aliphatic heterocycles. The molecule has 0 saturated carbocycles. The number of carbonyl (C=O) groups excluding carboxylic acids is 1. The fourth-order valence-electron chi connectivity index (χ4n) is 2.72. The van der Waals surface area contributed by atoms with E-state index in [4.69, 9.17) is 11.6 Å². The summed E-state index contributed by atoms with van der Waals surface area (Å²) in [6.07, 6.45) is 2.17. The van der Waals surface area contributed by atoms with Crippen LogP contribution in [0.1, 0.15) is 12.0 Å². The van der Waals surface area contributed by atoms with Crippen LogP contribution in [-0.4, -0.2) is 19.0 Å². The average molecular weight is 301 g/mol. The summed E-state index contributed by atoms with van der Waals surface area (Å²) in [4.78, 5) is 14.3. The molecule has 3 rings (SSSR count). The van der Waals surface area contributed by atoms with Gasteiger partial charge < -0.3 is 10.2 Å². The van der Waals surface area contributed by atoms with Crippen LogP contribution in [0.5, 0.6) is 0 Å². The van der Waals surface area contributed by atoms with Crippen LogP contribution in [0.15, 0.2) is 48.5 Å². The molecule has 1 heterocycles. The summed E-state index contributed by atoms with van der Waals surface area (Å²) in [5.74, 6) is -0.0195. The van der Waals surface area contributed by atoms with E-state index in [1.54, 1.807) is 12.1 Å². The topological polar surface area (TPSA) is 32.3 Å². The zero-order valence-corrected chi connectivity index (χ0v) is 12.4. The number of rotatable bonds is 3. The van der Waals surface area contributed by atoms with Crippen molar-refractivity contribution >= 4 is 28.9 Å². The molecule has 0 radical (unpaired) electrons. The molecular weight excluding hydrogens is 284 g/mol. The van der Waals surface area contributed by atoms with E-state index < -0.39 is 0 Å². The van der Waals surface area contributed by atoms with Gasteiger partial charge in [0.05, 0.1) is 6.54 Å². The average Bonchev–Trinajstić information content (AvgIpc) is 2.47. The molecule has 2 aromatic carbocycles. The van der Waals surface area contributed by atoms with Crippen molar-refractivity contribution in [1.82, 2.24) is 0 Å². The zero-order valence-electron chi connectivity index (χ0n) is 11.7. The molecule has 0 aromatic heterocycles. The number of halogens is 1. The Hall–Kier alpha value is -2.00. The fraction of sp³-hybridized carbons (Fsp3) is 0.235. The van der Waals surface area contributed by atoms with E-state index in [0.29, 0.717) is 11.6 Å². The number of para-hydroxylation sites is 1. The SMILES string of the molecule is O=C(CN1CCCc2ccccc21)Nc1cccc(Cl)c1. The van der Waals surface area contributed by atoms with Crippen molar-refractivity contribution in [3.63, 3.8) is 0 Å². The van der Waals surface area contributed by atoms with Crippen LogP contribution >= 0.6 is 11.6 Å². The van der Waals surface area contributed by atoms with Gasteiger partial charge in [0.15, 0.2) is 0 Å². The normalized spacial score (nSPS) is 13.7. The van der Waals surface area contributed by atoms with Crippen molar-refractivity contribution in [3.8, 4) is 0 Å². The quantitative estimate of drug-likeness (QED) is 0.936. The highest BCUT2D eigenvalue weighted by Gasteiger charge is 2.18. The highest BCUT2D eigenvalue weighted by atomic mass is 35.5. The number of carbonyl (C=O) groups is 1. The number of anilines is 2. The van der Waals surface area contributed by atoms with Crippen LogP contribution < -0.4 is 10.2 Å². The molecule has 0 aliphatic carbocycles. The van der Waals surface area contributed by atoms with Gasteiger partial charge in [0.2, 0.25) is 5.91 Å². The third-order valence-electron chi connectivity index (χ3n) is 3.65. The van der Waals surface area contributed by atoms with Gasteiger partial charge in [0, 0.05) is 22.9 Å². The van der Waals surface area contributed by atoms with Gasteiger partial charge in [-0.2, -0.15) is 0 Å². The van der Waals surface area contributed by atoms with Crippen LogP contribution in [0.2, 0.25) is 5.02 Å². The van der Waals surface area contributed by atoms with E-state index in [9.17, 15) is 4.79 Å². The molecule has 4 heteroatoms. The first kappa shape index (κ1) is 14.0. The van der Waals surface area contributed by atoms with Gasteiger partial charge in [-0.15, -0.1) is 0 Å². The molecule has 1 N–H and O–H groups in total. The predicted molar refractivity (Wildman–Crippen MR) is 87.1 cm³/mol. The van der Waals surface area contributed by atoms with Crippen LogP contribution in [-0.2, 0) is 11.2 Å². The molecule has 0 spiro atoms. The molecule has 0 unspecified atom stereocenters. The maximum atomic E-state index is 12.2. The lowest BCUT2D eigenvalue weighted by molar-refractivity contribution is -0.115. The second-order valence-electron chi connectivity index (χ2n) is 5.21. The van der Waals surface area contributed by atoms with Crippen LogP contribution in [0.3, 0.4) is 0 Å². The predicted octanol–water partition coefficient (Wildman–Crippen LogP) is 3.73. The molecule has 0 fully saturated rings. The summed E-state index contributed by atoms with van der Waals surface area (Å²) < 4.78 is 0. The van der Waals surface area contributed by atoms with Crippen molar-refractivity contribution < 1.29 is 4.79 Å². The Morgan fingerprint density at radius 2 is 2.05 bits per heavy atom. The van der Waals surface area contributed by atoms with Crippen molar-refractivity contribution in [1.29, 1.82) is 0 Å². The Labute approximate surface area is 129 Å². The summed E-state index contributed by atoms with van der Waals surface area (Å²) in [7, 11) is 0. The maximum absolute atomic E-state index is 12.2. The summed E-state index contributed by atoms with van der Waals surface area (Å²) in [5.41, 5.74) is 3.22. The molecule has 1 aliphatic rings. The van der Waals surface area contributed by atoms with Crippen molar-refractivity contribution in [2.24, 2.45) is 0 Å². The van der Waals surface area contributed by atoms with Crippen molar-refractivity contribution in [2.45, 2.75) is 12.8 Å². The number of amides is 1. The molecule has 0 atom stereocenters. The minimum Gasteiger partial charge on any atom is -0.362 e. The third-order valence-corrected chi connectivity index (χ3v) is 3.88. The van der Waals surface area contributed by atoms with Gasteiger partial charge in [0.25, 0.3) is 0 Å². The number of fused-ring (bicyclic) bond motifs is 1. The number of benzene rings is 2. The molecule has 1 amide bonds. The van der Waals surface area contributed by atoms with Gasteiger partial charge in [0.1, 0.15) is 0 Å². The van der Waals surface area contributed by atoms with E-state index in [-0.39, 0.29) is 5.91 Å². The second-order valence-corrected chi connectivity index (χ2v) is 5.65. The van der Waals surface area contributed by atoms with E-state index in [2.05, 4.69) is 22.3 Å². The van der Waals surface area contributed by atoms with E-state index in [1.807, 2.05) is 24.3 Å². The maximum Gasteiger partial charge on any atom is 0.243 e. The van der Waals surface area contributed by atoms with E-state index in [0.717, 1.165) is 25.1 Å². The van der Waals surface area contributed by atoms with Crippen LogP contribution in [0.25, 0.3) is 0 Å². The van der Waals surface area contributed by atoms with Crippen molar-refractivity contribution in [2.75, 3.05) is 23.3 Å². The zero-order chi connectivity index (χ0) is 14.7. The number of nitrogens with zero attached hydrogens (tertiary/aromatic N) is 1. The Morgan fingerprint density at radius 1 is 1.19 bits per heavy atom. The largest absolute Gasteiger partial charge is 0.362 e. The molecule has 0 bridgehead atoms. The lowest BCUT2D eigenvalue weighted by atomic mass is 10.0. The van der Waals surface area contributed by atoms with E-state index >= 15 is 0 Å². The summed E-state index contributed by atoms with van der Waals surface area (Å²) in [6.45, 7) is 1.28. The van der Waals surface area contributed by atoms with Gasteiger partial charge in [-0.05, 0) is 42.7 Å². The monoisotopic (exact) mass is 300 g/mol. The lowest BCUT2D eigenvalue weighted by Gasteiger charge is -2.30. The summed E-state index contributed by atoms with van der Waals surface area (Å²) >= 11 is 5.93. The first-order valence-electron chi connectivity index (χ1n) is 7.10. The first-order chi connectivity index (χ1) is 10.2. The molecule has 108 valence electrons.